The van der Waals surface area contributed by atoms with Gasteiger partial charge in [0.15, 0.2) is 0 Å². The third-order valence-electron chi connectivity index (χ3n) is 4.83. The first-order valence-electron chi connectivity index (χ1n) is 7.10. The summed E-state index contributed by atoms with van der Waals surface area (Å²) in [5, 5.41) is 3.18. The second kappa shape index (κ2) is 4.75. The second-order valence-corrected chi connectivity index (χ2v) is 5.97. The Kier molecular flexibility index (Phi) is 3.11. The SMILES string of the molecule is C[C@@H](NC(=O)c1ccccc1)[C@@H]1C[C@@H]2CC[C@@H]1C2. The fraction of sp³-hybridized carbons (Fsp3) is 0.562. The summed E-state index contributed by atoms with van der Waals surface area (Å²) in [6.07, 6.45) is 5.51. The summed E-state index contributed by atoms with van der Waals surface area (Å²) in [4.78, 5) is 12.1. The molecule has 0 unspecified atom stereocenters. The molecule has 0 aliphatic heterocycles. The molecular weight excluding hydrogens is 222 g/mol. The lowest BCUT2D eigenvalue weighted by Crippen LogP contribution is -2.40. The van der Waals surface area contributed by atoms with E-state index in [0.717, 1.165) is 17.4 Å². The monoisotopic (exact) mass is 243 g/mol. The Labute approximate surface area is 109 Å². The molecule has 2 aliphatic carbocycles. The lowest BCUT2D eigenvalue weighted by atomic mass is 9.84. The zero-order valence-electron chi connectivity index (χ0n) is 10.9. The molecule has 2 saturated carbocycles. The van der Waals surface area contributed by atoms with Crippen LogP contribution in [0.4, 0.5) is 0 Å². The highest BCUT2D eigenvalue weighted by Crippen LogP contribution is 2.49. The van der Waals surface area contributed by atoms with E-state index in [1.165, 1.54) is 25.7 Å². The first kappa shape index (κ1) is 11.8. The number of benzene rings is 1. The van der Waals surface area contributed by atoms with Gasteiger partial charge in [-0.15, -0.1) is 0 Å². The smallest absolute Gasteiger partial charge is 0.251 e. The molecule has 2 fully saturated rings. The van der Waals surface area contributed by atoms with Gasteiger partial charge in [0, 0.05) is 11.6 Å². The van der Waals surface area contributed by atoms with Crippen molar-refractivity contribution < 1.29 is 4.79 Å². The first-order valence-corrected chi connectivity index (χ1v) is 7.10. The topological polar surface area (TPSA) is 29.1 Å². The predicted molar refractivity (Wildman–Crippen MR) is 72.3 cm³/mol. The van der Waals surface area contributed by atoms with Crippen LogP contribution in [-0.2, 0) is 0 Å². The molecule has 3 rings (SSSR count). The first-order chi connectivity index (χ1) is 8.74. The Balaban J connectivity index is 1.61. The minimum atomic E-state index is 0.0749. The van der Waals surface area contributed by atoms with Gasteiger partial charge in [0.25, 0.3) is 5.91 Å². The van der Waals surface area contributed by atoms with Crippen LogP contribution in [0.25, 0.3) is 0 Å². The average molecular weight is 243 g/mol. The van der Waals surface area contributed by atoms with E-state index in [4.69, 9.17) is 0 Å². The average Bonchev–Trinajstić information content (AvgIpc) is 3.02. The fourth-order valence-electron chi connectivity index (χ4n) is 3.89. The second-order valence-electron chi connectivity index (χ2n) is 5.97. The highest BCUT2D eigenvalue weighted by molar-refractivity contribution is 5.94. The lowest BCUT2D eigenvalue weighted by molar-refractivity contribution is 0.0915. The molecule has 4 atom stereocenters. The van der Waals surface area contributed by atoms with Crippen LogP contribution in [0.2, 0.25) is 0 Å². The molecule has 0 spiro atoms. The number of carbonyl (C=O) groups excluding carboxylic acids is 1. The van der Waals surface area contributed by atoms with Crippen molar-refractivity contribution in [2.75, 3.05) is 0 Å². The quantitative estimate of drug-likeness (QED) is 0.867. The van der Waals surface area contributed by atoms with Crippen molar-refractivity contribution in [1.29, 1.82) is 0 Å². The molecular formula is C16H21NO. The maximum atomic E-state index is 12.1. The number of fused-ring (bicyclic) bond motifs is 2. The van der Waals surface area contributed by atoms with Crippen molar-refractivity contribution in [3.05, 3.63) is 35.9 Å². The number of rotatable bonds is 3. The number of hydrogen-bond acceptors (Lipinski definition) is 1. The Bertz CT molecular complexity index is 428. The van der Waals surface area contributed by atoms with Crippen LogP contribution in [0.15, 0.2) is 30.3 Å². The Morgan fingerprint density at radius 1 is 1.22 bits per heavy atom. The van der Waals surface area contributed by atoms with Gasteiger partial charge in [-0.3, -0.25) is 4.79 Å². The van der Waals surface area contributed by atoms with Crippen molar-refractivity contribution >= 4 is 5.91 Å². The third kappa shape index (κ3) is 2.16. The summed E-state index contributed by atoms with van der Waals surface area (Å²) >= 11 is 0. The van der Waals surface area contributed by atoms with Crippen LogP contribution >= 0.6 is 0 Å². The number of carbonyl (C=O) groups is 1. The molecule has 96 valence electrons. The van der Waals surface area contributed by atoms with E-state index in [1.54, 1.807) is 0 Å². The molecule has 1 aromatic carbocycles. The Morgan fingerprint density at radius 2 is 2.00 bits per heavy atom. The molecule has 2 nitrogen and oxygen atoms in total. The van der Waals surface area contributed by atoms with Crippen molar-refractivity contribution in [2.24, 2.45) is 17.8 Å². The zero-order chi connectivity index (χ0) is 12.5. The van der Waals surface area contributed by atoms with E-state index in [-0.39, 0.29) is 5.91 Å². The number of hydrogen-bond donors (Lipinski definition) is 1. The van der Waals surface area contributed by atoms with Crippen molar-refractivity contribution in [1.82, 2.24) is 5.32 Å². The van der Waals surface area contributed by atoms with Crippen LogP contribution in [0.5, 0.6) is 0 Å². The molecule has 0 heterocycles. The van der Waals surface area contributed by atoms with Crippen molar-refractivity contribution in [2.45, 2.75) is 38.6 Å². The summed E-state index contributed by atoms with van der Waals surface area (Å²) in [5.41, 5.74) is 0.771. The third-order valence-corrected chi connectivity index (χ3v) is 4.83. The highest BCUT2D eigenvalue weighted by Gasteiger charge is 2.42. The molecule has 1 aromatic rings. The Hall–Kier alpha value is -1.31. The minimum Gasteiger partial charge on any atom is -0.349 e. The van der Waals surface area contributed by atoms with E-state index in [2.05, 4.69) is 12.2 Å². The minimum absolute atomic E-state index is 0.0749. The number of nitrogens with one attached hydrogen (secondary N) is 1. The molecule has 1 N–H and O–H groups in total. The van der Waals surface area contributed by atoms with E-state index in [0.29, 0.717) is 12.0 Å². The van der Waals surface area contributed by atoms with Crippen LogP contribution in [-0.4, -0.2) is 11.9 Å². The predicted octanol–water partition coefficient (Wildman–Crippen LogP) is 3.24. The standard InChI is InChI=1S/C16H21NO/c1-11(15-10-12-7-8-14(15)9-12)17-16(18)13-5-3-2-4-6-13/h2-6,11-12,14-15H,7-10H2,1H3,(H,17,18)/t11-,12-,14-,15+/m1/s1. The van der Waals surface area contributed by atoms with Gasteiger partial charge >= 0.3 is 0 Å². The van der Waals surface area contributed by atoms with Gasteiger partial charge in [0.2, 0.25) is 0 Å². The van der Waals surface area contributed by atoms with Crippen LogP contribution in [0.1, 0.15) is 43.0 Å². The summed E-state index contributed by atoms with van der Waals surface area (Å²) in [6, 6.07) is 9.84. The summed E-state index contributed by atoms with van der Waals surface area (Å²) in [7, 11) is 0. The summed E-state index contributed by atoms with van der Waals surface area (Å²) < 4.78 is 0. The van der Waals surface area contributed by atoms with Crippen LogP contribution < -0.4 is 5.32 Å². The molecule has 2 aliphatic rings. The molecule has 1 amide bonds. The lowest BCUT2D eigenvalue weighted by Gasteiger charge is -2.28. The number of amides is 1. The fourth-order valence-corrected chi connectivity index (χ4v) is 3.89. The van der Waals surface area contributed by atoms with Crippen LogP contribution in [0.3, 0.4) is 0 Å². The largest absolute Gasteiger partial charge is 0.349 e. The van der Waals surface area contributed by atoms with E-state index >= 15 is 0 Å². The van der Waals surface area contributed by atoms with E-state index < -0.39 is 0 Å². The van der Waals surface area contributed by atoms with E-state index in [1.807, 2.05) is 30.3 Å². The van der Waals surface area contributed by atoms with Gasteiger partial charge in [-0.25, -0.2) is 0 Å². The van der Waals surface area contributed by atoms with Gasteiger partial charge in [-0.05, 0) is 56.1 Å². The molecule has 2 heteroatoms. The van der Waals surface area contributed by atoms with Crippen molar-refractivity contribution in [3.63, 3.8) is 0 Å². The molecule has 2 bridgehead atoms. The summed E-state index contributed by atoms with van der Waals surface area (Å²) in [6.45, 7) is 2.17. The maximum Gasteiger partial charge on any atom is 0.251 e. The Morgan fingerprint density at radius 3 is 2.61 bits per heavy atom. The molecule has 18 heavy (non-hydrogen) atoms. The zero-order valence-corrected chi connectivity index (χ0v) is 10.9. The van der Waals surface area contributed by atoms with Gasteiger partial charge in [-0.1, -0.05) is 24.6 Å². The normalized spacial score (nSPS) is 31.3. The van der Waals surface area contributed by atoms with Gasteiger partial charge in [0.05, 0.1) is 0 Å². The van der Waals surface area contributed by atoms with E-state index in [9.17, 15) is 4.79 Å². The van der Waals surface area contributed by atoms with Gasteiger partial charge < -0.3 is 5.32 Å². The van der Waals surface area contributed by atoms with Gasteiger partial charge in [0.1, 0.15) is 0 Å². The van der Waals surface area contributed by atoms with Gasteiger partial charge in [-0.2, -0.15) is 0 Å². The van der Waals surface area contributed by atoms with Crippen molar-refractivity contribution in [3.8, 4) is 0 Å². The summed E-state index contributed by atoms with van der Waals surface area (Å²) in [5.74, 6) is 2.58. The molecule has 0 saturated heterocycles. The molecule has 0 aromatic heterocycles. The maximum absolute atomic E-state index is 12.1. The highest BCUT2D eigenvalue weighted by atomic mass is 16.1. The van der Waals surface area contributed by atoms with Crippen LogP contribution in [0, 0.1) is 17.8 Å². The molecule has 0 radical (unpaired) electrons.